The van der Waals surface area contributed by atoms with Gasteiger partial charge < -0.3 is 9.80 Å². The zero-order valence-corrected chi connectivity index (χ0v) is 12.5. The highest BCUT2D eigenvalue weighted by Gasteiger charge is 2.21. The fourth-order valence-corrected chi connectivity index (χ4v) is 2.55. The summed E-state index contributed by atoms with van der Waals surface area (Å²) in [4.78, 5) is 27.2. The molecule has 19 heavy (non-hydrogen) atoms. The lowest BCUT2D eigenvalue weighted by Gasteiger charge is -2.22. The highest BCUT2D eigenvalue weighted by atomic mass is 79.9. The molecule has 2 amide bonds. The average Bonchev–Trinajstić information content (AvgIpc) is 2.80. The molecule has 5 heteroatoms. The number of carbonyl (C=O) groups excluding carboxylic acids is 2. The molecule has 0 bridgehead atoms. The van der Waals surface area contributed by atoms with Gasteiger partial charge in [0.15, 0.2) is 0 Å². The maximum Gasteiger partial charge on any atom is 0.253 e. The minimum Gasteiger partial charge on any atom is -0.341 e. The van der Waals surface area contributed by atoms with Gasteiger partial charge in [0.05, 0.1) is 0 Å². The van der Waals surface area contributed by atoms with Crippen LogP contribution in [0, 0.1) is 0 Å². The minimum absolute atomic E-state index is 0.0204. The van der Waals surface area contributed by atoms with Crippen LogP contribution in [-0.4, -0.2) is 48.3 Å². The zero-order valence-electron chi connectivity index (χ0n) is 10.9. The maximum atomic E-state index is 12.2. The van der Waals surface area contributed by atoms with Crippen LogP contribution in [0.2, 0.25) is 0 Å². The number of nitrogens with zero attached hydrogens (tertiary/aromatic N) is 2. The van der Waals surface area contributed by atoms with E-state index >= 15 is 0 Å². The van der Waals surface area contributed by atoms with Gasteiger partial charge in [0.2, 0.25) is 5.91 Å². The van der Waals surface area contributed by atoms with E-state index in [1.54, 1.807) is 24.1 Å². The van der Waals surface area contributed by atoms with Gasteiger partial charge in [0.25, 0.3) is 5.91 Å². The van der Waals surface area contributed by atoms with Crippen LogP contribution in [-0.2, 0) is 4.79 Å². The standard InChI is InChI=1S/C14H17BrN2O2/c1-16(8-9-17-7-3-6-13(17)18)14(19)11-4-2-5-12(15)10-11/h2,4-5,10H,3,6-9H2,1H3. The lowest BCUT2D eigenvalue weighted by Crippen LogP contribution is -2.36. The second-order valence-corrected chi connectivity index (χ2v) is 5.64. The Hall–Kier alpha value is -1.36. The summed E-state index contributed by atoms with van der Waals surface area (Å²) in [5.74, 6) is 0.177. The number of hydrogen-bond acceptors (Lipinski definition) is 2. The molecule has 0 N–H and O–H groups in total. The van der Waals surface area contributed by atoms with E-state index in [2.05, 4.69) is 15.9 Å². The van der Waals surface area contributed by atoms with Crippen LogP contribution in [0.4, 0.5) is 0 Å². The van der Waals surface area contributed by atoms with Gasteiger partial charge >= 0.3 is 0 Å². The van der Waals surface area contributed by atoms with Crippen LogP contribution in [0.5, 0.6) is 0 Å². The monoisotopic (exact) mass is 324 g/mol. The third-order valence-electron chi connectivity index (χ3n) is 3.29. The number of rotatable bonds is 4. The molecule has 1 aliphatic heterocycles. The molecule has 1 heterocycles. The van der Waals surface area contributed by atoms with Crippen LogP contribution in [0.1, 0.15) is 23.2 Å². The first-order valence-corrected chi connectivity index (χ1v) is 7.16. The Labute approximate surface area is 121 Å². The Morgan fingerprint density at radius 2 is 2.26 bits per heavy atom. The molecule has 1 fully saturated rings. The fourth-order valence-electron chi connectivity index (χ4n) is 2.15. The number of halogens is 1. The Morgan fingerprint density at radius 1 is 1.47 bits per heavy atom. The van der Waals surface area contributed by atoms with Crippen molar-refractivity contribution in [3.8, 4) is 0 Å². The third kappa shape index (κ3) is 3.56. The molecular weight excluding hydrogens is 308 g/mol. The number of amides is 2. The van der Waals surface area contributed by atoms with Crippen molar-refractivity contribution in [1.29, 1.82) is 0 Å². The quantitative estimate of drug-likeness (QED) is 0.851. The Balaban J connectivity index is 1.90. The topological polar surface area (TPSA) is 40.6 Å². The molecule has 0 radical (unpaired) electrons. The van der Waals surface area contributed by atoms with Crippen molar-refractivity contribution in [1.82, 2.24) is 9.80 Å². The van der Waals surface area contributed by atoms with Gasteiger partial charge in [0, 0.05) is 43.1 Å². The molecule has 4 nitrogen and oxygen atoms in total. The molecular formula is C14H17BrN2O2. The van der Waals surface area contributed by atoms with E-state index in [0.717, 1.165) is 17.4 Å². The molecule has 0 aliphatic carbocycles. The second-order valence-electron chi connectivity index (χ2n) is 4.72. The summed E-state index contributed by atoms with van der Waals surface area (Å²) >= 11 is 3.36. The van der Waals surface area contributed by atoms with E-state index in [1.807, 2.05) is 17.0 Å². The first-order chi connectivity index (χ1) is 9.08. The molecule has 1 aromatic carbocycles. The van der Waals surface area contributed by atoms with Crippen molar-refractivity contribution in [2.45, 2.75) is 12.8 Å². The highest BCUT2D eigenvalue weighted by molar-refractivity contribution is 9.10. The fraction of sp³-hybridized carbons (Fsp3) is 0.429. The highest BCUT2D eigenvalue weighted by Crippen LogP contribution is 2.13. The van der Waals surface area contributed by atoms with Crippen molar-refractivity contribution >= 4 is 27.7 Å². The number of benzene rings is 1. The molecule has 2 rings (SSSR count). The summed E-state index contributed by atoms with van der Waals surface area (Å²) in [7, 11) is 1.77. The predicted octanol–water partition coefficient (Wildman–Crippen LogP) is 2.14. The van der Waals surface area contributed by atoms with Crippen LogP contribution >= 0.6 is 15.9 Å². The van der Waals surface area contributed by atoms with Gasteiger partial charge in [0.1, 0.15) is 0 Å². The Kier molecular flexibility index (Phi) is 4.58. The van der Waals surface area contributed by atoms with Crippen LogP contribution < -0.4 is 0 Å². The largest absolute Gasteiger partial charge is 0.341 e. The van der Waals surface area contributed by atoms with E-state index in [0.29, 0.717) is 25.1 Å². The summed E-state index contributed by atoms with van der Waals surface area (Å²) in [5.41, 5.74) is 0.657. The van der Waals surface area contributed by atoms with Gasteiger partial charge in [-0.3, -0.25) is 9.59 Å². The van der Waals surface area contributed by atoms with Gasteiger partial charge in [-0.05, 0) is 24.6 Å². The third-order valence-corrected chi connectivity index (χ3v) is 3.79. The molecule has 0 spiro atoms. The van der Waals surface area contributed by atoms with E-state index in [9.17, 15) is 9.59 Å². The van der Waals surface area contributed by atoms with E-state index in [4.69, 9.17) is 0 Å². The first kappa shape index (κ1) is 14.1. The van der Waals surface area contributed by atoms with E-state index < -0.39 is 0 Å². The molecule has 102 valence electrons. The Bertz CT molecular complexity index is 490. The minimum atomic E-state index is -0.0204. The number of carbonyl (C=O) groups is 2. The van der Waals surface area contributed by atoms with Gasteiger partial charge in [-0.1, -0.05) is 22.0 Å². The average molecular weight is 325 g/mol. The summed E-state index contributed by atoms with van der Waals surface area (Å²) in [6, 6.07) is 7.33. The van der Waals surface area contributed by atoms with E-state index in [-0.39, 0.29) is 11.8 Å². The van der Waals surface area contributed by atoms with Gasteiger partial charge in [-0.15, -0.1) is 0 Å². The summed E-state index contributed by atoms with van der Waals surface area (Å²) in [6.07, 6.45) is 1.57. The second kappa shape index (κ2) is 6.19. The molecule has 1 aliphatic rings. The Morgan fingerprint density at radius 3 is 2.89 bits per heavy atom. The van der Waals surface area contributed by atoms with Crippen LogP contribution in [0.15, 0.2) is 28.7 Å². The molecule has 0 atom stereocenters. The number of likely N-dealkylation sites (tertiary alicyclic amines) is 1. The predicted molar refractivity (Wildman–Crippen MR) is 76.9 cm³/mol. The van der Waals surface area contributed by atoms with Crippen molar-refractivity contribution in [2.24, 2.45) is 0 Å². The summed E-state index contributed by atoms with van der Waals surface area (Å²) in [5, 5.41) is 0. The van der Waals surface area contributed by atoms with Crippen molar-refractivity contribution < 1.29 is 9.59 Å². The van der Waals surface area contributed by atoms with E-state index in [1.165, 1.54) is 0 Å². The SMILES string of the molecule is CN(CCN1CCCC1=O)C(=O)c1cccc(Br)c1. The van der Waals surface area contributed by atoms with Crippen molar-refractivity contribution in [2.75, 3.05) is 26.7 Å². The summed E-state index contributed by atoms with van der Waals surface area (Å²) in [6.45, 7) is 2.00. The molecule has 0 aromatic heterocycles. The lowest BCUT2D eigenvalue weighted by molar-refractivity contribution is -0.127. The molecule has 1 saturated heterocycles. The van der Waals surface area contributed by atoms with Gasteiger partial charge in [-0.25, -0.2) is 0 Å². The normalized spacial score (nSPS) is 14.8. The molecule has 0 unspecified atom stereocenters. The van der Waals surface area contributed by atoms with Crippen LogP contribution in [0.25, 0.3) is 0 Å². The van der Waals surface area contributed by atoms with Crippen molar-refractivity contribution in [3.05, 3.63) is 34.3 Å². The van der Waals surface area contributed by atoms with Crippen molar-refractivity contribution in [3.63, 3.8) is 0 Å². The maximum absolute atomic E-state index is 12.2. The van der Waals surface area contributed by atoms with Crippen LogP contribution in [0.3, 0.4) is 0 Å². The molecule has 1 aromatic rings. The molecule has 0 saturated carbocycles. The lowest BCUT2D eigenvalue weighted by atomic mass is 10.2. The summed E-state index contributed by atoms with van der Waals surface area (Å²) < 4.78 is 0.890. The smallest absolute Gasteiger partial charge is 0.253 e. The van der Waals surface area contributed by atoms with Gasteiger partial charge in [-0.2, -0.15) is 0 Å². The number of hydrogen-bond donors (Lipinski definition) is 0. The number of likely N-dealkylation sites (N-methyl/N-ethyl adjacent to an activating group) is 1. The zero-order chi connectivity index (χ0) is 13.8. The first-order valence-electron chi connectivity index (χ1n) is 6.37.